The Morgan fingerprint density at radius 2 is 1.94 bits per heavy atom. The zero-order valence-electron chi connectivity index (χ0n) is 20.5. The molecule has 1 aliphatic heterocycles. The van der Waals surface area contributed by atoms with E-state index in [4.69, 9.17) is 9.26 Å². The topological polar surface area (TPSA) is 115 Å². The fraction of sp³-hybridized carbons (Fsp3) is 0.458. The number of amides is 1. The second-order valence-corrected chi connectivity index (χ2v) is 12.2. The molecule has 4 rings (SSSR count). The van der Waals surface area contributed by atoms with Gasteiger partial charge < -0.3 is 14.6 Å². The minimum Gasteiger partial charge on any atom is -0.495 e. The number of piperidine rings is 1. The number of nitrogens with one attached hydrogen (secondary N) is 1. The van der Waals surface area contributed by atoms with Gasteiger partial charge >= 0.3 is 0 Å². The van der Waals surface area contributed by atoms with E-state index in [1.54, 1.807) is 20.1 Å². The van der Waals surface area contributed by atoms with Gasteiger partial charge in [-0.25, -0.2) is 8.42 Å². The first-order valence-electron chi connectivity index (χ1n) is 11.5. The summed E-state index contributed by atoms with van der Waals surface area (Å²) in [5, 5.41) is 6.95. The SMILES string of the molecule is COc1ccc(C)cc1NC(=O)C1CCN(S(=O)(=O)c2cc(-c3noc(C(C)C)n3)sc2C)CC1. The molecular formula is C24H30N4O5S2. The number of nitrogens with zero attached hydrogens (tertiary/aromatic N) is 3. The first kappa shape index (κ1) is 25.3. The van der Waals surface area contributed by atoms with Crippen LogP contribution in [-0.2, 0) is 14.8 Å². The summed E-state index contributed by atoms with van der Waals surface area (Å²) in [6, 6.07) is 7.21. The van der Waals surface area contributed by atoms with Crippen LogP contribution in [0.1, 0.15) is 48.9 Å². The minimum absolute atomic E-state index is 0.0889. The Morgan fingerprint density at radius 3 is 2.57 bits per heavy atom. The Balaban J connectivity index is 1.44. The van der Waals surface area contributed by atoms with Crippen molar-refractivity contribution in [3.63, 3.8) is 0 Å². The van der Waals surface area contributed by atoms with Gasteiger partial charge in [-0.05, 0) is 50.5 Å². The van der Waals surface area contributed by atoms with Crippen LogP contribution >= 0.6 is 11.3 Å². The average molecular weight is 519 g/mol. The number of methoxy groups -OCH3 is 1. The number of aryl methyl sites for hydroxylation is 2. The monoisotopic (exact) mass is 518 g/mol. The quantitative estimate of drug-likeness (QED) is 0.487. The zero-order valence-corrected chi connectivity index (χ0v) is 22.1. The molecule has 9 nitrogen and oxygen atoms in total. The number of benzene rings is 1. The Morgan fingerprint density at radius 1 is 1.23 bits per heavy atom. The molecule has 188 valence electrons. The predicted octanol–water partition coefficient (Wildman–Crippen LogP) is 4.59. The van der Waals surface area contributed by atoms with Crippen LogP contribution in [0.25, 0.3) is 10.7 Å². The molecule has 3 aromatic rings. The van der Waals surface area contributed by atoms with Crippen LogP contribution in [0.4, 0.5) is 5.69 Å². The summed E-state index contributed by atoms with van der Waals surface area (Å²) in [6.07, 6.45) is 0.885. The lowest BCUT2D eigenvalue weighted by atomic mass is 9.97. The molecule has 0 saturated carbocycles. The summed E-state index contributed by atoms with van der Waals surface area (Å²) in [6.45, 7) is 8.17. The van der Waals surface area contributed by atoms with E-state index < -0.39 is 10.0 Å². The first-order valence-corrected chi connectivity index (χ1v) is 13.8. The molecule has 35 heavy (non-hydrogen) atoms. The van der Waals surface area contributed by atoms with Crippen molar-refractivity contribution in [3.05, 3.63) is 40.6 Å². The van der Waals surface area contributed by atoms with Crippen molar-refractivity contribution in [3.8, 4) is 16.5 Å². The third kappa shape index (κ3) is 5.26. The van der Waals surface area contributed by atoms with Crippen molar-refractivity contribution in [1.29, 1.82) is 0 Å². The molecular weight excluding hydrogens is 488 g/mol. The van der Waals surface area contributed by atoms with Crippen LogP contribution < -0.4 is 10.1 Å². The normalized spacial score (nSPS) is 15.5. The van der Waals surface area contributed by atoms with Gasteiger partial charge in [-0.15, -0.1) is 11.3 Å². The third-order valence-electron chi connectivity index (χ3n) is 6.08. The summed E-state index contributed by atoms with van der Waals surface area (Å²) in [4.78, 5) is 18.8. The molecule has 1 aromatic carbocycles. The van der Waals surface area contributed by atoms with Gasteiger partial charge in [-0.3, -0.25) is 4.79 Å². The number of ether oxygens (including phenoxy) is 1. The summed E-state index contributed by atoms with van der Waals surface area (Å²) >= 11 is 1.33. The Bertz CT molecular complexity index is 1320. The summed E-state index contributed by atoms with van der Waals surface area (Å²) in [7, 11) is -2.15. The van der Waals surface area contributed by atoms with Gasteiger partial charge in [-0.2, -0.15) is 9.29 Å². The smallest absolute Gasteiger partial charge is 0.244 e. The highest BCUT2D eigenvalue weighted by Gasteiger charge is 2.34. The highest BCUT2D eigenvalue weighted by molar-refractivity contribution is 7.89. The maximum absolute atomic E-state index is 13.4. The van der Waals surface area contributed by atoms with E-state index >= 15 is 0 Å². The molecule has 1 saturated heterocycles. The van der Waals surface area contributed by atoms with Crippen molar-refractivity contribution in [2.24, 2.45) is 5.92 Å². The number of anilines is 1. The molecule has 0 unspecified atom stereocenters. The fourth-order valence-corrected chi connectivity index (χ4v) is 7.01. The van der Waals surface area contributed by atoms with Crippen LogP contribution in [-0.4, -0.2) is 49.0 Å². The summed E-state index contributed by atoms with van der Waals surface area (Å²) < 4.78 is 38.9. The Hall–Kier alpha value is -2.76. The van der Waals surface area contributed by atoms with E-state index in [0.29, 0.717) is 45.7 Å². The van der Waals surface area contributed by atoms with Gasteiger partial charge in [0.1, 0.15) is 5.75 Å². The van der Waals surface area contributed by atoms with Crippen LogP contribution in [0.15, 0.2) is 33.7 Å². The number of aromatic nitrogens is 2. The van der Waals surface area contributed by atoms with E-state index in [2.05, 4.69) is 15.5 Å². The molecule has 0 bridgehead atoms. The predicted molar refractivity (Wildman–Crippen MR) is 134 cm³/mol. The number of hydrogen-bond donors (Lipinski definition) is 1. The maximum atomic E-state index is 13.4. The molecule has 1 aliphatic rings. The van der Waals surface area contributed by atoms with Crippen molar-refractivity contribution in [2.45, 2.75) is 51.3 Å². The molecule has 3 heterocycles. The molecule has 0 spiro atoms. The van der Waals surface area contributed by atoms with Crippen LogP contribution in [0.5, 0.6) is 5.75 Å². The van der Waals surface area contributed by atoms with E-state index in [-0.39, 0.29) is 35.7 Å². The zero-order chi connectivity index (χ0) is 25.3. The first-order chi connectivity index (χ1) is 16.6. The van der Waals surface area contributed by atoms with E-state index in [1.165, 1.54) is 15.6 Å². The van der Waals surface area contributed by atoms with Crippen molar-refractivity contribution >= 4 is 33.0 Å². The van der Waals surface area contributed by atoms with Crippen LogP contribution in [0.3, 0.4) is 0 Å². The lowest BCUT2D eigenvalue weighted by Crippen LogP contribution is -2.41. The third-order valence-corrected chi connectivity index (χ3v) is 9.28. The van der Waals surface area contributed by atoms with Gasteiger partial charge in [0, 0.05) is 29.8 Å². The Labute approximate surface area is 209 Å². The number of sulfonamides is 1. The van der Waals surface area contributed by atoms with Crippen LogP contribution in [0.2, 0.25) is 0 Å². The standard InChI is InChI=1S/C24H30N4O5S2/c1-14(2)24-26-22(27-33-24)20-13-21(16(4)34-20)35(30,31)28-10-8-17(9-11-28)23(29)25-18-12-15(3)6-7-19(18)32-5/h6-7,12-14,17H,8-11H2,1-5H3,(H,25,29). The lowest BCUT2D eigenvalue weighted by Gasteiger charge is -2.30. The molecule has 1 fully saturated rings. The molecule has 1 N–H and O–H groups in total. The maximum Gasteiger partial charge on any atom is 0.244 e. The summed E-state index contributed by atoms with van der Waals surface area (Å²) in [5.74, 6) is 1.18. The van der Waals surface area contributed by atoms with Gasteiger partial charge in [0.15, 0.2) is 0 Å². The number of rotatable bonds is 7. The second kappa shape index (κ2) is 10.1. The van der Waals surface area contributed by atoms with E-state index in [1.807, 2.05) is 39.0 Å². The number of carbonyl (C=O) groups is 1. The Kier molecular flexibility index (Phi) is 7.30. The highest BCUT2D eigenvalue weighted by atomic mass is 32.2. The van der Waals surface area contributed by atoms with Crippen molar-refractivity contribution < 1.29 is 22.5 Å². The fourth-order valence-electron chi connectivity index (χ4n) is 4.05. The molecule has 2 aromatic heterocycles. The van der Waals surface area contributed by atoms with Gasteiger partial charge in [-0.1, -0.05) is 25.1 Å². The van der Waals surface area contributed by atoms with Gasteiger partial charge in [0.25, 0.3) is 0 Å². The highest BCUT2D eigenvalue weighted by Crippen LogP contribution is 2.35. The number of hydrogen-bond acceptors (Lipinski definition) is 8. The lowest BCUT2D eigenvalue weighted by molar-refractivity contribution is -0.120. The van der Waals surface area contributed by atoms with Gasteiger partial charge in [0.2, 0.25) is 27.6 Å². The average Bonchev–Trinajstić information content (AvgIpc) is 3.47. The molecule has 1 amide bonds. The molecule has 0 radical (unpaired) electrons. The second-order valence-electron chi connectivity index (χ2n) is 9.01. The number of thiophene rings is 1. The van der Waals surface area contributed by atoms with Crippen LogP contribution in [0, 0.1) is 19.8 Å². The van der Waals surface area contributed by atoms with E-state index in [9.17, 15) is 13.2 Å². The van der Waals surface area contributed by atoms with Gasteiger partial charge in [0.05, 0.1) is 22.6 Å². The molecule has 0 aliphatic carbocycles. The van der Waals surface area contributed by atoms with Crippen molar-refractivity contribution in [2.75, 3.05) is 25.5 Å². The number of carbonyl (C=O) groups excluding carboxylic acids is 1. The molecule has 0 atom stereocenters. The largest absolute Gasteiger partial charge is 0.495 e. The van der Waals surface area contributed by atoms with E-state index in [0.717, 1.165) is 5.56 Å². The molecule has 11 heteroatoms. The summed E-state index contributed by atoms with van der Waals surface area (Å²) in [5.41, 5.74) is 1.63. The van der Waals surface area contributed by atoms with Crippen molar-refractivity contribution in [1.82, 2.24) is 14.4 Å². The minimum atomic E-state index is -3.71.